The molecule has 1 aromatic rings. The first-order chi connectivity index (χ1) is 11.2. The van der Waals surface area contributed by atoms with E-state index in [2.05, 4.69) is 10.3 Å². The van der Waals surface area contributed by atoms with Crippen LogP contribution in [0.3, 0.4) is 0 Å². The van der Waals surface area contributed by atoms with E-state index in [1.54, 1.807) is 14.0 Å². The maximum Gasteiger partial charge on any atom is 0.230 e. The molecule has 136 valence electrons. The summed E-state index contributed by atoms with van der Waals surface area (Å²) in [7, 11) is -1.39. The highest BCUT2D eigenvalue weighted by molar-refractivity contribution is 7.99. The van der Waals surface area contributed by atoms with Crippen LogP contribution in [0.2, 0.25) is 0 Å². The number of aromatic nitrogens is 2. The minimum absolute atomic E-state index is 0.0110. The van der Waals surface area contributed by atoms with Crippen molar-refractivity contribution < 1.29 is 17.9 Å². The minimum Gasteiger partial charge on any atom is -0.383 e. The SMILES string of the molecule is COCCn1c(SCC(=O)N[C@@]2(C)CCS(=O)(=O)C2)nc(C)c1C. The molecule has 9 heteroatoms. The van der Waals surface area contributed by atoms with E-state index in [-0.39, 0.29) is 23.2 Å². The van der Waals surface area contributed by atoms with Crippen molar-refractivity contribution in [3.8, 4) is 0 Å². The fourth-order valence-electron chi connectivity index (χ4n) is 2.79. The third-order valence-electron chi connectivity index (χ3n) is 4.22. The van der Waals surface area contributed by atoms with Crippen molar-refractivity contribution in [2.75, 3.05) is 31.0 Å². The Kier molecular flexibility index (Phi) is 5.98. The van der Waals surface area contributed by atoms with Crippen LogP contribution in [0.25, 0.3) is 0 Å². The third-order valence-corrected chi connectivity index (χ3v) is 7.10. The second kappa shape index (κ2) is 7.45. The number of nitrogens with zero attached hydrogens (tertiary/aromatic N) is 2. The number of hydrogen-bond acceptors (Lipinski definition) is 6. The number of hydrogen-bond donors (Lipinski definition) is 1. The van der Waals surface area contributed by atoms with E-state index in [4.69, 9.17) is 4.74 Å². The maximum absolute atomic E-state index is 12.2. The van der Waals surface area contributed by atoms with Crippen LogP contribution in [0.1, 0.15) is 24.7 Å². The van der Waals surface area contributed by atoms with Crippen molar-refractivity contribution in [2.24, 2.45) is 0 Å². The lowest BCUT2D eigenvalue weighted by Gasteiger charge is -2.23. The summed E-state index contributed by atoms with van der Waals surface area (Å²) in [6, 6.07) is 0. The molecule has 1 N–H and O–H groups in total. The van der Waals surface area contributed by atoms with Gasteiger partial charge in [0, 0.05) is 19.3 Å². The van der Waals surface area contributed by atoms with Crippen molar-refractivity contribution >= 4 is 27.5 Å². The molecule has 1 fully saturated rings. The first-order valence-corrected chi connectivity index (χ1v) is 10.6. The summed E-state index contributed by atoms with van der Waals surface area (Å²) in [6.45, 7) is 6.98. The molecule has 0 unspecified atom stereocenters. The Labute approximate surface area is 147 Å². The molecule has 0 spiro atoms. The van der Waals surface area contributed by atoms with Crippen molar-refractivity contribution in [3.63, 3.8) is 0 Å². The minimum atomic E-state index is -3.04. The number of rotatable bonds is 7. The topological polar surface area (TPSA) is 90.3 Å². The highest BCUT2D eigenvalue weighted by atomic mass is 32.2. The Morgan fingerprint density at radius 2 is 2.17 bits per heavy atom. The molecule has 0 aliphatic carbocycles. The van der Waals surface area contributed by atoms with Crippen molar-refractivity contribution in [3.05, 3.63) is 11.4 Å². The second-order valence-electron chi connectivity index (χ2n) is 6.45. The molecule has 1 atom stereocenters. The summed E-state index contributed by atoms with van der Waals surface area (Å²) in [4.78, 5) is 16.7. The van der Waals surface area contributed by atoms with Crippen molar-refractivity contribution in [1.29, 1.82) is 0 Å². The number of amides is 1. The van der Waals surface area contributed by atoms with E-state index >= 15 is 0 Å². The van der Waals surface area contributed by atoms with Crippen LogP contribution in [0.5, 0.6) is 0 Å². The fourth-order valence-corrected chi connectivity index (χ4v) is 5.80. The Morgan fingerprint density at radius 3 is 2.75 bits per heavy atom. The predicted octanol–water partition coefficient (Wildman–Crippen LogP) is 0.932. The van der Waals surface area contributed by atoms with Crippen molar-refractivity contribution in [1.82, 2.24) is 14.9 Å². The van der Waals surface area contributed by atoms with Gasteiger partial charge < -0.3 is 14.6 Å². The quantitative estimate of drug-likeness (QED) is 0.713. The Bertz CT molecular complexity index is 715. The number of thioether (sulfide) groups is 1. The van der Waals surface area contributed by atoms with E-state index in [0.717, 1.165) is 16.5 Å². The summed E-state index contributed by atoms with van der Waals surface area (Å²) in [5.41, 5.74) is 1.33. The second-order valence-corrected chi connectivity index (χ2v) is 9.58. The zero-order chi connectivity index (χ0) is 18.0. The van der Waals surface area contributed by atoms with Crippen molar-refractivity contribution in [2.45, 2.75) is 44.4 Å². The van der Waals surface area contributed by atoms with Gasteiger partial charge in [-0.2, -0.15) is 0 Å². The standard InChI is InChI=1S/C15H25N3O4S2/c1-11-12(2)18(6-7-22-4)14(16-11)23-9-13(19)17-15(3)5-8-24(20,21)10-15/h5-10H2,1-4H3,(H,17,19)/t15-/m0/s1. The van der Waals surface area contributed by atoms with Crippen LogP contribution in [0.15, 0.2) is 5.16 Å². The van der Waals surface area contributed by atoms with Crippen LogP contribution in [0.4, 0.5) is 0 Å². The van der Waals surface area contributed by atoms with E-state index in [9.17, 15) is 13.2 Å². The molecule has 1 amide bonds. The number of imidazole rings is 1. The average Bonchev–Trinajstić information content (AvgIpc) is 2.91. The lowest BCUT2D eigenvalue weighted by atomic mass is 10.0. The highest BCUT2D eigenvalue weighted by Gasteiger charge is 2.39. The molecular weight excluding hydrogens is 350 g/mol. The smallest absolute Gasteiger partial charge is 0.230 e. The summed E-state index contributed by atoms with van der Waals surface area (Å²) in [5, 5.41) is 3.64. The van der Waals surface area contributed by atoms with Crippen LogP contribution < -0.4 is 5.32 Å². The van der Waals surface area contributed by atoms with Gasteiger partial charge in [-0.05, 0) is 27.2 Å². The first-order valence-electron chi connectivity index (χ1n) is 7.83. The van der Waals surface area contributed by atoms with Crippen LogP contribution in [-0.2, 0) is 25.9 Å². The van der Waals surface area contributed by atoms with Gasteiger partial charge in [-0.3, -0.25) is 4.79 Å². The van der Waals surface area contributed by atoms with Gasteiger partial charge in [0.1, 0.15) is 0 Å². The Balaban J connectivity index is 1.96. The summed E-state index contributed by atoms with van der Waals surface area (Å²) in [6.07, 6.45) is 0.465. The number of ether oxygens (including phenoxy) is 1. The summed E-state index contributed by atoms with van der Waals surface area (Å²) >= 11 is 1.36. The van der Waals surface area contributed by atoms with Gasteiger partial charge in [-0.15, -0.1) is 0 Å². The largest absolute Gasteiger partial charge is 0.383 e. The van der Waals surface area contributed by atoms with Gasteiger partial charge in [-0.1, -0.05) is 11.8 Å². The third kappa shape index (κ3) is 4.73. The number of nitrogens with one attached hydrogen (secondary N) is 1. The molecule has 1 aromatic heterocycles. The molecule has 0 radical (unpaired) electrons. The number of aryl methyl sites for hydroxylation is 1. The highest BCUT2D eigenvalue weighted by Crippen LogP contribution is 2.24. The Morgan fingerprint density at radius 1 is 1.46 bits per heavy atom. The predicted molar refractivity (Wildman–Crippen MR) is 94.1 cm³/mol. The number of carbonyl (C=O) groups excluding carboxylic acids is 1. The molecule has 24 heavy (non-hydrogen) atoms. The zero-order valence-electron chi connectivity index (χ0n) is 14.6. The summed E-state index contributed by atoms with van der Waals surface area (Å²) in [5.74, 6) is 0.183. The summed E-state index contributed by atoms with van der Waals surface area (Å²) < 4.78 is 30.4. The van der Waals surface area contributed by atoms with E-state index in [0.29, 0.717) is 19.6 Å². The Hall–Kier alpha value is -1.06. The van der Waals surface area contributed by atoms with Gasteiger partial charge in [-0.25, -0.2) is 13.4 Å². The molecule has 0 bridgehead atoms. The first kappa shape index (κ1) is 19.3. The molecule has 0 saturated carbocycles. The number of carbonyl (C=O) groups is 1. The van der Waals surface area contributed by atoms with Gasteiger partial charge in [0.2, 0.25) is 5.91 Å². The van der Waals surface area contributed by atoms with Crippen LogP contribution in [0, 0.1) is 13.8 Å². The molecule has 1 saturated heterocycles. The molecule has 2 rings (SSSR count). The van der Waals surface area contributed by atoms with E-state index in [1.165, 1.54) is 11.8 Å². The van der Waals surface area contributed by atoms with Gasteiger partial charge in [0.15, 0.2) is 15.0 Å². The maximum atomic E-state index is 12.2. The molecule has 2 heterocycles. The van der Waals surface area contributed by atoms with Gasteiger partial charge in [0.05, 0.1) is 35.1 Å². The van der Waals surface area contributed by atoms with Gasteiger partial charge >= 0.3 is 0 Å². The van der Waals surface area contributed by atoms with E-state index < -0.39 is 15.4 Å². The normalized spacial score (nSPS) is 22.7. The number of sulfone groups is 1. The fraction of sp³-hybridized carbons (Fsp3) is 0.733. The average molecular weight is 376 g/mol. The zero-order valence-corrected chi connectivity index (χ0v) is 16.2. The molecule has 0 aromatic carbocycles. The lowest BCUT2D eigenvalue weighted by Crippen LogP contribution is -2.47. The lowest BCUT2D eigenvalue weighted by molar-refractivity contribution is -0.120. The van der Waals surface area contributed by atoms with Crippen LogP contribution >= 0.6 is 11.8 Å². The van der Waals surface area contributed by atoms with Gasteiger partial charge in [0.25, 0.3) is 0 Å². The molecule has 1 aliphatic rings. The van der Waals surface area contributed by atoms with E-state index in [1.807, 2.05) is 18.4 Å². The molecule has 7 nitrogen and oxygen atoms in total. The molecular formula is C15H25N3O4S2. The monoisotopic (exact) mass is 375 g/mol. The number of methoxy groups -OCH3 is 1. The molecule has 1 aliphatic heterocycles. The van der Waals surface area contributed by atoms with Crippen LogP contribution in [-0.4, -0.2) is 60.4 Å².